The molecule has 66 valence electrons. The van der Waals surface area contributed by atoms with Crippen molar-refractivity contribution in [1.82, 2.24) is 0 Å². The van der Waals surface area contributed by atoms with Crippen molar-refractivity contribution in [2.75, 3.05) is 0 Å². The highest BCUT2D eigenvalue weighted by molar-refractivity contribution is 5.81. The van der Waals surface area contributed by atoms with Crippen LogP contribution < -0.4 is 0 Å². The number of allylic oxidation sites excluding steroid dienone is 1. The van der Waals surface area contributed by atoms with Gasteiger partial charge in [-0.2, -0.15) is 5.26 Å². The van der Waals surface area contributed by atoms with E-state index in [1.807, 2.05) is 0 Å². The third kappa shape index (κ3) is 15.8. The van der Waals surface area contributed by atoms with E-state index in [1.165, 1.54) is 6.08 Å². The van der Waals surface area contributed by atoms with E-state index in [2.05, 4.69) is 17.9 Å². The predicted molar refractivity (Wildman–Crippen MR) is 47.2 cm³/mol. The second-order valence-corrected chi connectivity index (χ2v) is 2.02. The van der Waals surface area contributed by atoms with Crippen LogP contribution in [-0.4, -0.2) is 12.1 Å². The van der Waals surface area contributed by atoms with Crippen LogP contribution in [0, 0.1) is 11.3 Å². The Morgan fingerprint density at radius 1 is 1.58 bits per heavy atom. The molecule has 0 saturated heterocycles. The predicted octanol–water partition coefficient (Wildman–Crippen LogP) is 1.82. The highest BCUT2D eigenvalue weighted by Crippen LogP contribution is 1.87. The molecule has 0 fully saturated rings. The van der Waals surface area contributed by atoms with Gasteiger partial charge in [0.05, 0.1) is 12.2 Å². The molecule has 0 rings (SSSR count). The van der Waals surface area contributed by atoms with Crippen LogP contribution in [0.3, 0.4) is 0 Å². The molecule has 12 heavy (non-hydrogen) atoms. The number of carbonyl (C=O) groups is 1. The van der Waals surface area contributed by atoms with E-state index in [-0.39, 0.29) is 12.1 Å². The summed E-state index contributed by atoms with van der Waals surface area (Å²) in [5.41, 5.74) is 0. The van der Waals surface area contributed by atoms with Gasteiger partial charge in [0.2, 0.25) is 0 Å². The van der Waals surface area contributed by atoms with Crippen LogP contribution in [0.2, 0.25) is 0 Å². The minimum Gasteiger partial charge on any atom is -0.460 e. The van der Waals surface area contributed by atoms with E-state index < -0.39 is 0 Å². The third-order valence-corrected chi connectivity index (χ3v) is 0.610. The number of nitriles is 1. The van der Waals surface area contributed by atoms with E-state index in [1.54, 1.807) is 19.9 Å². The number of ether oxygens (including phenoxy) is 1. The van der Waals surface area contributed by atoms with Crippen LogP contribution in [0.5, 0.6) is 0 Å². The van der Waals surface area contributed by atoms with Crippen molar-refractivity contribution in [2.24, 2.45) is 0 Å². The smallest absolute Gasteiger partial charge is 0.330 e. The topological polar surface area (TPSA) is 50.1 Å². The number of rotatable bonds is 2. The Balaban J connectivity index is 0. The molecular weight excluding hydrogens is 154 g/mol. The summed E-state index contributed by atoms with van der Waals surface area (Å²) in [4.78, 5) is 10.3. The summed E-state index contributed by atoms with van der Waals surface area (Å²) in [5, 5.41) is 7.51. The fourth-order valence-electron chi connectivity index (χ4n) is 0.280. The van der Waals surface area contributed by atoms with Gasteiger partial charge in [-0.05, 0) is 13.8 Å². The molecule has 0 aromatic rings. The first-order valence-corrected chi connectivity index (χ1v) is 3.42. The van der Waals surface area contributed by atoms with Gasteiger partial charge in [-0.3, -0.25) is 0 Å². The molecule has 0 aliphatic rings. The van der Waals surface area contributed by atoms with E-state index in [0.717, 1.165) is 6.08 Å². The van der Waals surface area contributed by atoms with Gasteiger partial charge in [-0.1, -0.05) is 13.2 Å². The minimum atomic E-state index is -0.361. The van der Waals surface area contributed by atoms with Crippen molar-refractivity contribution in [3.8, 4) is 6.07 Å². The second-order valence-electron chi connectivity index (χ2n) is 2.02. The normalized spacial score (nSPS) is 7.17. The first-order chi connectivity index (χ1) is 5.58. The molecule has 0 aliphatic carbocycles. The van der Waals surface area contributed by atoms with Crippen LogP contribution in [0.15, 0.2) is 25.3 Å². The molecule has 0 unspecified atom stereocenters. The van der Waals surface area contributed by atoms with Crippen molar-refractivity contribution in [3.05, 3.63) is 25.3 Å². The standard InChI is InChI=1S/C6H10O2.C3H3N/c1-4-6(7)8-5(2)3;1-2-3-4/h4-5H,1H2,2-3H3;2H,1H2. The maximum atomic E-state index is 10.3. The monoisotopic (exact) mass is 167 g/mol. The van der Waals surface area contributed by atoms with Crippen molar-refractivity contribution < 1.29 is 9.53 Å². The van der Waals surface area contributed by atoms with Gasteiger partial charge in [-0.15, -0.1) is 0 Å². The van der Waals surface area contributed by atoms with E-state index in [9.17, 15) is 4.79 Å². The van der Waals surface area contributed by atoms with Gasteiger partial charge in [0.1, 0.15) is 0 Å². The minimum absolute atomic E-state index is 0.0412. The van der Waals surface area contributed by atoms with Gasteiger partial charge < -0.3 is 4.74 Å². The van der Waals surface area contributed by atoms with Gasteiger partial charge in [0.25, 0.3) is 0 Å². The summed E-state index contributed by atoms with van der Waals surface area (Å²) < 4.78 is 4.64. The Morgan fingerprint density at radius 3 is 2.08 bits per heavy atom. The third-order valence-electron chi connectivity index (χ3n) is 0.610. The van der Waals surface area contributed by atoms with Crippen LogP contribution in [0.1, 0.15) is 13.8 Å². The SMILES string of the molecule is C=CC#N.C=CC(=O)OC(C)C. The second kappa shape index (κ2) is 9.44. The van der Waals surface area contributed by atoms with E-state index in [0.29, 0.717) is 0 Å². The highest BCUT2D eigenvalue weighted by Gasteiger charge is 1.96. The van der Waals surface area contributed by atoms with Gasteiger partial charge >= 0.3 is 5.97 Å². The Kier molecular flexibility index (Phi) is 10.3. The largest absolute Gasteiger partial charge is 0.460 e. The average Bonchev–Trinajstić information content (AvgIpc) is 2.04. The van der Waals surface area contributed by atoms with E-state index >= 15 is 0 Å². The number of esters is 1. The molecule has 0 amide bonds. The fraction of sp³-hybridized carbons (Fsp3) is 0.333. The van der Waals surface area contributed by atoms with Gasteiger partial charge in [0, 0.05) is 12.2 Å². The molecule has 0 saturated carbocycles. The number of hydrogen-bond donors (Lipinski definition) is 0. The zero-order valence-corrected chi connectivity index (χ0v) is 7.41. The summed E-state index contributed by atoms with van der Waals surface area (Å²) in [6.07, 6.45) is 2.29. The molecule has 0 heterocycles. The molecule has 0 aromatic heterocycles. The lowest BCUT2D eigenvalue weighted by molar-refractivity contribution is -0.141. The zero-order valence-electron chi connectivity index (χ0n) is 7.41. The molecule has 0 aliphatic heterocycles. The Bertz CT molecular complexity index is 189. The van der Waals surface area contributed by atoms with Gasteiger partial charge in [-0.25, -0.2) is 4.79 Å². The van der Waals surface area contributed by atoms with Crippen molar-refractivity contribution in [1.29, 1.82) is 5.26 Å². The van der Waals surface area contributed by atoms with Crippen molar-refractivity contribution in [2.45, 2.75) is 20.0 Å². The number of hydrogen-bond acceptors (Lipinski definition) is 3. The van der Waals surface area contributed by atoms with Crippen LogP contribution in [-0.2, 0) is 9.53 Å². The van der Waals surface area contributed by atoms with Crippen molar-refractivity contribution >= 4 is 5.97 Å². The first-order valence-electron chi connectivity index (χ1n) is 3.42. The lowest BCUT2D eigenvalue weighted by Gasteiger charge is -2.02. The molecule has 3 nitrogen and oxygen atoms in total. The quantitative estimate of drug-likeness (QED) is 0.358. The molecule has 0 aromatic carbocycles. The Labute approximate surface area is 73.0 Å². The molecule has 0 N–H and O–H groups in total. The fourth-order valence-corrected chi connectivity index (χ4v) is 0.280. The first kappa shape index (κ1) is 13.1. The average molecular weight is 167 g/mol. The summed E-state index contributed by atoms with van der Waals surface area (Å²) >= 11 is 0. The molecule has 0 spiro atoms. The van der Waals surface area contributed by atoms with Gasteiger partial charge in [0.15, 0.2) is 0 Å². The van der Waals surface area contributed by atoms with E-state index in [4.69, 9.17) is 5.26 Å². The maximum Gasteiger partial charge on any atom is 0.330 e. The molecule has 0 radical (unpaired) electrons. The number of carbonyl (C=O) groups excluding carboxylic acids is 1. The summed E-state index contributed by atoms with van der Waals surface area (Å²) in [6, 6.07) is 1.69. The summed E-state index contributed by atoms with van der Waals surface area (Å²) in [6.45, 7) is 9.94. The zero-order chi connectivity index (χ0) is 9.98. The summed E-state index contributed by atoms with van der Waals surface area (Å²) in [5.74, 6) is -0.361. The molecule has 3 heteroatoms. The lowest BCUT2D eigenvalue weighted by Crippen LogP contribution is -2.07. The summed E-state index contributed by atoms with van der Waals surface area (Å²) in [7, 11) is 0. The number of nitrogens with zero attached hydrogens (tertiary/aromatic N) is 1. The van der Waals surface area contributed by atoms with Crippen LogP contribution >= 0.6 is 0 Å². The lowest BCUT2D eigenvalue weighted by atomic mass is 10.5. The highest BCUT2D eigenvalue weighted by atomic mass is 16.5. The van der Waals surface area contributed by atoms with Crippen LogP contribution in [0.25, 0.3) is 0 Å². The Hall–Kier alpha value is -1.56. The maximum absolute atomic E-state index is 10.3. The molecule has 0 bridgehead atoms. The molecular formula is C9H13NO2. The van der Waals surface area contributed by atoms with Crippen molar-refractivity contribution in [3.63, 3.8) is 0 Å². The van der Waals surface area contributed by atoms with Crippen LogP contribution in [0.4, 0.5) is 0 Å². The Morgan fingerprint density at radius 2 is 2.00 bits per heavy atom. The molecule has 0 atom stereocenters.